The molecule has 4 heterocycles. The van der Waals surface area contributed by atoms with Crippen molar-refractivity contribution >= 4 is 56.6 Å². The number of nitrogens with zero attached hydrogens (tertiary/aromatic N) is 3. The quantitative estimate of drug-likeness (QED) is 0.341. The van der Waals surface area contributed by atoms with Gasteiger partial charge in [0.15, 0.2) is 5.82 Å². The third kappa shape index (κ3) is 3.19. The standard InChI is InChI=1S/C26H22ClFN6O2/c1-3-19(35)34-8-6-26(7-9-34)25(36)31-18-12-29-24-14(23(18)32-26)10-16(27)21(22(24)28)20-13(2)4-5-17-15(20)11-30-33-17/h3-5,10-12,32H,1,6-9H2,2H3,(H,30,33)(H,31,36). The van der Waals surface area contributed by atoms with Crippen LogP contribution in [-0.4, -0.2) is 50.5 Å². The predicted molar refractivity (Wildman–Crippen MR) is 138 cm³/mol. The van der Waals surface area contributed by atoms with Crippen molar-refractivity contribution in [1.82, 2.24) is 20.1 Å². The molecule has 1 spiro atoms. The minimum atomic E-state index is -0.931. The van der Waals surface area contributed by atoms with E-state index in [1.54, 1.807) is 17.2 Å². The van der Waals surface area contributed by atoms with Crippen LogP contribution in [0.25, 0.3) is 32.9 Å². The number of hydrogen-bond donors (Lipinski definition) is 3. The number of fused-ring (bicyclic) bond motifs is 4. The van der Waals surface area contributed by atoms with Crippen molar-refractivity contribution in [2.24, 2.45) is 0 Å². The molecule has 1 fully saturated rings. The second-order valence-corrected chi connectivity index (χ2v) is 9.68. The number of aryl methyl sites for hydroxylation is 1. The Bertz CT molecular complexity index is 1610. The normalized spacial score (nSPS) is 16.6. The Labute approximate surface area is 210 Å². The molecule has 2 aliphatic rings. The molecule has 0 aliphatic carbocycles. The number of carbonyl (C=O) groups is 2. The van der Waals surface area contributed by atoms with Gasteiger partial charge in [0.1, 0.15) is 11.1 Å². The summed E-state index contributed by atoms with van der Waals surface area (Å²) in [7, 11) is 0. The average Bonchev–Trinajstić information content (AvgIpc) is 3.35. The molecule has 0 unspecified atom stereocenters. The first-order valence-electron chi connectivity index (χ1n) is 11.6. The van der Waals surface area contributed by atoms with Gasteiger partial charge < -0.3 is 15.5 Å². The first kappa shape index (κ1) is 22.5. The zero-order valence-electron chi connectivity index (χ0n) is 19.4. The number of halogens is 2. The van der Waals surface area contributed by atoms with Crippen molar-refractivity contribution in [3.05, 3.63) is 59.7 Å². The van der Waals surface area contributed by atoms with Crippen LogP contribution in [0.15, 0.2) is 43.2 Å². The maximum absolute atomic E-state index is 16.1. The summed E-state index contributed by atoms with van der Waals surface area (Å²) in [6.45, 7) is 6.23. The molecule has 0 radical (unpaired) electrons. The highest BCUT2D eigenvalue weighted by Crippen LogP contribution is 2.45. The van der Waals surface area contributed by atoms with Gasteiger partial charge in [-0.1, -0.05) is 24.2 Å². The van der Waals surface area contributed by atoms with E-state index in [2.05, 4.69) is 32.4 Å². The topological polar surface area (TPSA) is 103 Å². The second-order valence-electron chi connectivity index (χ2n) is 9.27. The van der Waals surface area contributed by atoms with E-state index in [-0.39, 0.29) is 27.9 Å². The van der Waals surface area contributed by atoms with Gasteiger partial charge >= 0.3 is 0 Å². The van der Waals surface area contributed by atoms with Crippen molar-refractivity contribution in [3.8, 4) is 11.1 Å². The second kappa shape index (κ2) is 8.03. The van der Waals surface area contributed by atoms with E-state index >= 15 is 4.39 Å². The van der Waals surface area contributed by atoms with Crippen LogP contribution < -0.4 is 10.6 Å². The lowest BCUT2D eigenvalue weighted by atomic mass is 9.84. The van der Waals surface area contributed by atoms with E-state index in [9.17, 15) is 9.59 Å². The van der Waals surface area contributed by atoms with Gasteiger partial charge in [-0.15, -0.1) is 0 Å². The molecule has 6 rings (SSSR count). The molecule has 36 heavy (non-hydrogen) atoms. The molecule has 2 aromatic heterocycles. The Morgan fingerprint density at radius 1 is 1.22 bits per heavy atom. The summed E-state index contributed by atoms with van der Waals surface area (Å²) in [6, 6.07) is 5.47. The highest BCUT2D eigenvalue weighted by Gasteiger charge is 2.45. The molecule has 10 heteroatoms. The summed E-state index contributed by atoms with van der Waals surface area (Å²) in [4.78, 5) is 31.1. The molecule has 4 aromatic rings. The minimum absolute atomic E-state index is 0.145. The van der Waals surface area contributed by atoms with Gasteiger partial charge in [-0.3, -0.25) is 19.7 Å². The maximum Gasteiger partial charge on any atom is 0.250 e. The third-order valence-corrected chi connectivity index (χ3v) is 7.58. The van der Waals surface area contributed by atoms with E-state index in [1.807, 2.05) is 19.1 Å². The Balaban J connectivity index is 1.48. The van der Waals surface area contributed by atoms with Crippen molar-refractivity contribution in [2.75, 3.05) is 23.7 Å². The van der Waals surface area contributed by atoms with E-state index in [0.717, 1.165) is 16.5 Å². The number of carbonyl (C=O) groups excluding carboxylic acids is 2. The number of likely N-dealkylation sites (tertiary alicyclic amines) is 1. The minimum Gasteiger partial charge on any atom is -0.369 e. The Morgan fingerprint density at radius 2 is 2.00 bits per heavy atom. The van der Waals surface area contributed by atoms with Gasteiger partial charge in [0, 0.05) is 35.0 Å². The summed E-state index contributed by atoms with van der Waals surface area (Å²) < 4.78 is 16.1. The number of amides is 2. The van der Waals surface area contributed by atoms with E-state index < -0.39 is 11.4 Å². The number of pyridine rings is 1. The molecular formula is C26H22ClFN6O2. The van der Waals surface area contributed by atoms with Gasteiger partial charge in [-0.25, -0.2) is 4.39 Å². The average molecular weight is 505 g/mol. The lowest BCUT2D eigenvalue weighted by molar-refractivity contribution is -0.130. The van der Waals surface area contributed by atoms with Gasteiger partial charge in [-0.2, -0.15) is 5.10 Å². The summed E-state index contributed by atoms with van der Waals surface area (Å²) >= 11 is 6.73. The molecule has 182 valence electrons. The first-order chi connectivity index (χ1) is 17.3. The van der Waals surface area contributed by atoms with E-state index in [1.165, 1.54) is 12.3 Å². The van der Waals surface area contributed by atoms with Gasteiger partial charge in [-0.05, 0) is 43.5 Å². The van der Waals surface area contributed by atoms with Crippen LogP contribution in [0.4, 0.5) is 15.8 Å². The number of hydrogen-bond acceptors (Lipinski definition) is 5. The number of aromatic amines is 1. The van der Waals surface area contributed by atoms with Crippen LogP contribution in [0.2, 0.25) is 5.02 Å². The van der Waals surface area contributed by atoms with Crippen LogP contribution >= 0.6 is 11.6 Å². The van der Waals surface area contributed by atoms with E-state index in [0.29, 0.717) is 48.3 Å². The Hall–Kier alpha value is -3.98. The summed E-state index contributed by atoms with van der Waals surface area (Å²) in [5.41, 5.74) is 2.78. The smallest absolute Gasteiger partial charge is 0.250 e. The largest absolute Gasteiger partial charge is 0.369 e. The van der Waals surface area contributed by atoms with E-state index in [4.69, 9.17) is 11.6 Å². The molecule has 1 saturated heterocycles. The van der Waals surface area contributed by atoms with Gasteiger partial charge in [0.25, 0.3) is 0 Å². The third-order valence-electron chi connectivity index (χ3n) is 7.29. The molecule has 0 atom stereocenters. The molecule has 0 bridgehead atoms. The fourth-order valence-electron chi connectivity index (χ4n) is 5.31. The summed E-state index contributed by atoms with van der Waals surface area (Å²) in [6.07, 6.45) is 5.18. The highest BCUT2D eigenvalue weighted by molar-refractivity contribution is 6.35. The zero-order valence-corrected chi connectivity index (χ0v) is 20.2. The Morgan fingerprint density at radius 3 is 2.75 bits per heavy atom. The van der Waals surface area contributed by atoms with Crippen LogP contribution in [0, 0.1) is 12.7 Å². The molecule has 0 saturated carbocycles. The number of rotatable bonds is 2. The number of H-pyrrole nitrogens is 1. The predicted octanol–water partition coefficient (Wildman–Crippen LogP) is 4.79. The van der Waals surface area contributed by atoms with Crippen LogP contribution in [-0.2, 0) is 9.59 Å². The fourth-order valence-corrected chi connectivity index (χ4v) is 5.60. The highest BCUT2D eigenvalue weighted by atomic mass is 35.5. The van der Waals surface area contributed by atoms with Crippen molar-refractivity contribution in [2.45, 2.75) is 25.3 Å². The summed E-state index contributed by atoms with van der Waals surface area (Å²) in [5.74, 6) is -0.913. The number of piperidine rings is 1. The fraction of sp³-hybridized carbons (Fsp3) is 0.231. The SMILES string of the molecule is C=CC(=O)N1CCC2(CC1)Nc1c(cnc3c(F)c(-c4c(C)ccc5[nH]ncc45)c(Cl)cc13)NC2=O. The molecular weight excluding hydrogens is 483 g/mol. The van der Waals surface area contributed by atoms with Crippen LogP contribution in [0.1, 0.15) is 18.4 Å². The Kier molecular flexibility index (Phi) is 5.01. The number of nitrogens with one attached hydrogen (secondary N) is 3. The number of aromatic nitrogens is 3. The number of anilines is 2. The van der Waals surface area contributed by atoms with Crippen LogP contribution in [0.3, 0.4) is 0 Å². The molecule has 2 aliphatic heterocycles. The first-order valence-corrected chi connectivity index (χ1v) is 12.0. The van der Waals surface area contributed by atoms with Crippen molar-refractivity contribution in [3.63, 3.8) is 0 Å². The molecule has 8 nitrogen and oxygen atoms in total. The van der Waals surface area contributed by atoms with Crippen molar-refractivity contribution < 1.29 is 14.0 Å². The molecule has 2 aromatic carbocycles. The summed E-state index contributed by atoms with van der Waals surface area (Å²) in [5, 5.41) is 14.8. The lowest BCUT2D eigenvalue weighted by Crippen LogP contribution is -2.59. The number of benzene rings is 2. The lowest BCUT2D eigenvalue weighted by Gasteiger charge is -2.44. The van der Waals surface area contributed by atoms with Gasteiger partial charge in [0.05, 0.1) is 34.3 Å². The molecule has 2 amide bonds. The van der Waals surface area contributed by atoms with Crippen LogP contribution in [0.5, 0.6) is 0 Å². The van der Waals surface area contributed by atoms with Gasteiger partial charge in [0.2, 0.25) is 11.8 Å². The molecule has 3 N–H and O–H groups in total. The maximum atomic E-state index is 16.1. The zero-order chi connectivity index (χ0) is 25.2. The van der Waals surface area contributed by atoms with Crippen molar-refractivity contribution in [1.29, 1.82) is 0 Å². The monoisotopic (exact) mass is 504 g/mol.